The zero-order chi connectivity index (χ0) is 45.9. The van der Waals surface area contributed by atoms with Crippen molar-refractivity contribution in [1.29, 1.82) is 0 Å². The van der Waals surface area contributed by atoms with E-state index < -0.39 is 35.5 Å². The van der Waals surface area contributed by atoms with E-state index in [0.717, 1.165) is 11.3 Å². The monoisotopic (exact) mass is 906 g/mol. The molecular weight excluding hydrogens is 855 g/mol. The molecule has 1 atom stereocenters. The van der Waals surface area contributed by atoms with Crippen molar-refractivity contribution in [3.05, 3.63) is 57.3 Å². The highest BCUT2D eigenvalue weighted by Gasteiger charge is 2.37. The van der Waals surface area contributed by atoms with Crippen molar-refractivity contribution in [2.45, 2.75) is 57.5 Å². The van der Waals surface area contributed by atoms with E-state index in [9.17, 15) is 33.6 Å². The number of allylic oxidation sites excluding steroid dienone is 1. The number of fused-ring (bicyclic) bond motifs is 1. The number of esters is 1. The van der Waals surface area contributed by atoms with E-state index >= 15 is 8.78 Å². The lowest BCUT2D eigenvalue weighted by molar-refractivity contribution is -0.144. The summed E-state index contributed by atoms with van der Waals surface area (Å²) in [6, 6.07) is 2.91. The first-order chi connectivity index (χ1) is 30.3. The number of hydrogen-bond donors (Lipinski definition) is 4. The minimum absolute atomic E-state index is 0.00501. The SMILES string of the molecule is CN/C(C=O)=C/CC(=O)NCCOCCC(=O)NCCOC(=O)CCC(=O)c1cc2c(F)c(OCCCOC3=C(F)C4=C(CC3OC)CN(C(=O)CCC(=O)O)C4)c(OC)cc2s1. The Morgan fingerprint density at radius 3 is 2.37 bits per heavy atom. The molecule has 2 aliphatic rings. The summed E-state index contributed by atoms with van der Waals surface area (Å²) in [5.74, 6) is -4.72. The van der Waals surface area contributed by atoms with Crippen molar-refractivity contribution in [1.82, 2.24) is 20.9 Å². The smallest absolute Gasteiger partial charge is 0.306 e. The Hall–Kier alpha value is -5.93. The van der Waals surface area contributed by atoms with E-state index in [1.54, 1.807) is 7.05 Å². The molecule has 21 heteroatoms. The molecule has 2 heterocycles. The third-order valence-electron chi connectivity index (χ3n) is 9.73. The molecule has 1 aliphatic heterocycles. The van der Waals surface area contributed by atoms with Gasteiger partial charge in [0.2, 0.25) is 17.7 Å². The largest absolute Gasteiger partial charge is 0.493 e. The van der Waals surface area contributed by atoms with Gasteiger partial charge in [-0.1, -0.05) is 0 Å². The zero-order valence-electron chi connectivity index (χ0n) is 35.3. The zero-order valence-corrected chi connectivity index (χ0v) is 36.1. The highest BCUT2D eigenvalue weighted by molar-refractivity contribution is 7.20. The van der Waals surface area contributed by atoms with Crippen molar-refractivity contribution in [2.24, 2.45) is 0 Å². The molecule has 0 saturated carbocycles. The molecule has 1 aromatic heterocycles. The number of methoxy groups -OCH3 is 2. The fourth-order valence-corrected chi connectivity index (χ4v) is 7.46. The maximum Gasteiger partial charge on any atom is 0.306 e. The molecule has 4 rings (SSSR count). The molecular formula is C42H52F2N4O14S. The van der Waals surface area contributed by atoms with Crippen molar-refractivity contribution in [3.8, 4) is 11.5 Å². The van der Waals surface area contributed by atoms with Crippen LogP contribution in [-0.2, 0) is 47.7 Å². The number of hydrogen-bond acceptors (Lipinski definition) is 15. The van der Waals surface area contributed by atoms with Gasteiger partial charge >= 0.3 is 11.9 Å². The van der Waals surface area contributed by atoms with E-state index in [2.05, 4.69) is 16.0 Å². The molecule has 63 heavy (non-hydrogen) atoms. The molecule has 18 nitrogen and oxygen atoms in total. The molecule has 0 spiro atoms. The minimum Gasteiger partial charge on any atom is -0.493 e. The number of nitrogens with one attached hydrogen (secondary N) is 3. The fourth-order valence-electron chi connectivity index (χ4n) is 6.40. The first-order valence-corrected chi connectivity index (χ1v) is 20.9. The number of ether oxygens (including phenoxy) is 6. The van der Waals surface area contributed by atoms with E-state index in [1.165, 1.54) is 37.3 Å². The Morgan fingerprint density at radius 1 is 0.905 bits per heavy atom. The van der Waals surface area contributed by atoms with Crippen molar-refractivity contribution >= 4 is 63.2 Å². The van der Waals surface area contributed by atoms with Gasteiger partial charge in [-0.25, -0.2) is 8.78 Å². The Balaban J connectivity index is 1.16. The summed E-state index contributed by atoms with van der Waals surface area (Å²) in [5.41, 5.74) is 1.29. The molecule has 1 aliphatic carbocycles. The van der Waals surface area contributed by atoms with Crippen LogP contribution in [0.4, 0.5) is 8.78 Å². The Kier molecular flexibility index (Phi) is 19.9. The highest BCUT2D eigenvalue weighted by Crippen LogP contribution is 2.41. The number of benzene rings is 1. The van der Waals surface area contributed by atoms with Crippen LogP contribution in [0.3, 0.4) is 0 Å². The Morgan fingerprint density at radius 2 is 1.65 bits per heavy atom. The number of rotatable bonds is 28. The van der Waals surface area contributed by atoms with Gasteiger partial charge in [0.25, 0.3) is 0 Å². The second kappa shape index (κ2) is 25.2. The van der Waals surface area contributed by atoms with Crippen LogP contribution in [0.25, 0.3) is 10.1 Å². The van der Waals surface area contributed by atoms with Gasteiger partial charge < -0.3 is 54.4 Å². The number of amides is 3. The quantitative estimate of drug-likeness (QED) is 0.0316. The number of carboxylic acids is 1. The second-order valence-corrected chi connectivity index (χ2v) is 15.1. The second-order valence-electron chi connectivity index (χ2n) is 14.1. The first kappa shape index (κ1) is 49.7. The van der Waals surface area contributed by atoms with E-state index in [1.807, 2.05) is 0 Å². The third-order valence-corrected chi connectivity index (χ3v) is 10.9. The predicted octanol–water partition coefficient (Wildman–Crippen LogP) is 3.28. The lowest BCUT2D eigenvalue weighted by Gasteiger charge is -2.25. The summed E-state index contributed by atoms with van der Waals surface area (Å²) < 4.78 is 64.6. The summed E-state index contributed by atoms with van der Waals surface area (Å²) in [5, 5.41) is 16.9. The summed E-state index contributed by atoms with van der Waals surface area (Å²) >= 11 is 1.02. The molecule has 3 amide bonds. The van der Waals surface area contributed by atoms with Crippen LogP contribution in [0, 0.1) is 5.82 Å². The molecule has 0 radical (unpaired) electrons. The van der Waals surface area contributed by atoms with Gasteiger partial charge in [-0.15, -0.1) is 11.3 Å². The van der Waals surface area contributed by atoms with Crippen LogP contribution in [-0.4, -0.2) is 138 Å². The highest BCUT2D eigenvalue weighted by atomic mass is 32.1. The fraction of sp³-hybridized carbons (Fsp3) is 0.500. The summed E-state index contributed by atoms with van der Waals surface area (Å²) in [7, 11) is 4.32. The van der Waals surface area contributed by atoms with Gasteiger partial charge in [0, 0.05) is 94.0 Å². The van der Waals surface area contributed by atoms with Crippen LogP contribution in [0.2, 0.25) is 0 Å². The molecule has 0 bridgehead atoms. The normalized spacial score (nSPS) is 14.9. The van der Waals surface area contributed by atoms with E-state index in [4.69, 9.17) is 33.5 Å². The number of Topliss-reactive ketones (excluding diaryl/α,β-unsaturated/α-hetero) is 1. The summed E-state index contributed by atoms with van der Waals surface area (Å²) in [4.78, 5) is 84.7. The lowest BCUT2D eigenvalue weighted by atomic mass is 9.95. The number of halogens is 2. The topological polar surface area (TPSA) is 234 Å². The molecule has 0 saturated heterocycles. The molecule has 1 aromatic carbocycles. The van der Waals surface area contributed by atoms with E-state index in [-0.39, 0.29) is 149 Å². The van der Waals surface area contributed by atoms with Crippen molar-refractivity contribution in [3.63, 3.8) is 0 Å². The van der Waals surface area contributed by atoms with Gasteiger partial charge in [0.15, 0.2) is 41.0 Å². The predicted molar refractivity (Wildman–Crippen MR) is 222 cm³/mol. The Labute approximate surface area is 365 Å². The summed E-state index contributed by atoms with van der Waals surface area (Å²) in [6.45, 7) is 0.531. The van der Waals surface area contributed by atoms with Crippen molar-refractivity contribution < 1.29 is 75.9 Å². The van der Waals surface area contributed by atoms with Crippen LogP contribution < -0.4 is 25.4 Å². The average molecular weight is 907 g/mol. The van der Waals surface area contributed by atoms with E-state index in [0.29, 0.717) is 34.3 Å². The molecule has 0 fully saturated rings. The van der Waals surface area contributed by atoms with Crippen LogP contribution in [0.5, 0.6) is 11.5 Å². The number of aldehydes is 1. The number of nitrogens with zero attached hydrogens (tertiary/aromatic N) is 1. The Bertz CT molecular complexity index is 2100. The number of aliphatic carboxylic acids is 1. The standard InChI is InChI=1S/C42H52F2N4O14S/c1-45-26(24-49)5-7-34(51)46-12-17-59-16-11-35(52)47-13-18-60-38(56)10-6-29(50)33-20-27-32(63-33)21-31(58-3)42(39(27)43)62-15-4-14-61-41-30(57-2)19-25-22-48(23-28(25)40(41)44)36(53)8-9-37(54)55/h5,20-21,24,30,45H,4,6-19,22-23H2,1-3H3,(H,46,51)(H,47,52)(H,54,55)/b26-5+. The van der Waals surface area contributed by atoms with Crippen molar-refractivity contribution in [2.75, 3.05) is 80.5 Å². The van der Waals surface area contributed by atoms with Gasteiger partial charge in [0.1, 0.15) is 12.7 Å². The number of carbonyl (C=O) groups excluding carboxylic acids is 6. The molecule has 344 valence electrons. The van der Waals surface area contributed by atoms with Gasteiger partial charge in [-0.3, -0.25) is 33.6 Å². The molecule has 4 N–H and O–H groups in total. The summed E-state index contributed by atoms with van der Waals surface area (Å²) in [6.07, 6.45) is 0.934. The van der Waals surface area contributed by atoms with Gasteiger partial charge in [-0.05, 0) is 17.7 Å². The van der Waals surface area contributed by atoms with Gasteiger partial charge in [0.05, 0.1) is 63.5 Å². The first-order valence-electron chi connectivity index (χ1n) is 20.1. The minimum atomic E-state index is -1.10. The number of ketones is 1. The number of carbonyl (C=O) groups is 7. The van der Waals surface area contributed by atoms with Crippen LogP contribution in [0.15, 0.2) is 46.6 Å². The number of likely N-dealkylation sites (N-methyl/N-ethyl adjacent to an activating group) is 1. The average Bonchev–Trinajstić information content (AvgIpc) is 3.91. The van der Waals surface area contributed by atoms with Crippen LogP contribution >= 0.6 is 11.3 Å². The van der Waals surface area contributed by atoms with Crippen LogP contribution in [0.1, 0.15) is 61.0 Å². The van der Waals surface area contributed by atoms with Gasteiger partial charge in [-0.2, -0.15) is 0 Å². The maximum absolute atomic E-state index is 15.8. The lowest BCUT2D eigenvalue weighted by Crippen LogP contribution is -2.30. The number of thiophene rings is 1. The number of carboxylic acid groups (broad SMARTS) is 1. The molecule has 2 aromatic rings. The maximum atomic E-state index is 15.8. The molecule has 1 unspecified atom stereocenters. The third kappa shape index (κ3) is 14.8.